The zero-order valence-electron chi connectivity index (χ0n) is 15.4. The van der Waals surface area contributed by atoms with E-state index in [1.165, 1.54) is 34.1 Å². The van der Waals surface area contributed by atoms with Crippen LogP contribution in [0.15, 0.2) is 42.5 Å². The Hall–Kier alpha value is -3.29. The maximum Gasteiger partial charge on any atom is 0.285 e. The van der Waals surface area contributed by atoms with Crippen molar-refractivity contribution in [1.29, 1.82) is 0 Å². The summed E-state index contributed by atoms with van der Waals surface area (Å²) < 4.78 is 13.9. The van der Waals surface area contributed by atoms with Gasteiger partial charge >= 0.3 is 0 Å². The van der Waals surface area contributed by atoms with Crippen molar-refractivity contribution in [3.63, 3.8) is 0 Å². The van der Waals surface area contributed by atoms with Gasteiger partial charge in [0.25, 0.3) is 17.5 Å². The zero-order chi connectivity index (χ0) is 20.3. The lowest BCUT2D eigenvalue weighted by Crippen LogP contribution is -2.37. The summed E-state index contributed by atoms with van der Waals surface area (Å²) in [5.41, 5.74) is 0.258. The molecule has 7 nitrogen and oxygen atoms in total. The number of para-hydroxylation sites is 1. The van der Waals surface area contributed by atoms with Crippen molar-refractivity contribution in [3.8, 4) is 0 Å². The van der Waals surface area contributed by atoms with Crippen LogP contribution in [0.5, 0.6) is 0 Å². The van der Waals surface area contributed by atoms with Gasteiger partial charge in [-0.25, -0.2) is 4.39 Å². The number of nitro groups is 1. The molecule has 28 heavy (non-hydrogen) atoms. The van der Waals surface area contributed by atoms with E-state index in [1.807, 2.05) is 0 Å². The van der Waals surface area contributed by atoms with E-state index < -0.39 is 22.6 Å². The lowest BCUT2D eigenvalue weighted by molar-refractivity contribution is -0.385. The fourth-order valence-electron chi connectivity index (χ4n) is 3.37. The van der Waals surface area contributed by atoms with Crippen LogP contribution in [-0.2, 0) is 0 Å². The molecule has 0 radical (unpaired) electrons. The Kier molecular flexibility index (Phi) is 5.67. The Morgan fingerprint density at radius 1 is 0.929 bits per heavy atom. The maximum atomic E-state index is 13.9. The maximum absolute atomic E-state index is 13.9. The van der Waals surface area contributed by atoms with Gasteiger partial charge in [0.15, 0.2) is 0 Å². The van der Waals surface area contributed by atoms with Crippen molar-refractivity contribution in [2.75, 3.05) is 26.2 Å². The van der Waals surface area contributed by atoms with Crippen LogP contribution in [0.3, 0.4) is 0 Å². The molecule has 2 amide bonds. The number of amides is 2. The van der Waals surface area contributed by atoms with E-state index in [9.17, 15) is 24.1 Å². The van der Waals surface area contributed by atoms with Crippen molar-refractivity contribution in [2.45, 2.75) is 13.3 Å². The molecule has 1 saturated heterocycles. The van der Waals surface area contributed by atoms with E-state index in [1.54, 1.807) is 25.1 Å². The van der Waals surface area contributed by atoms with E-state index >= 15 is 0 Å². The summed E-state index contributed by atoms with van der Waals surface area (Å²) in [7, 11) is 0. The van der Waals surface area contributed by atoms with Gasteiger partial charge in [-0.15, -0.1) is 0 Å². The number of hydrogen-bond donors (Lipinski definition) is 0. The molecule has 0 N–H and O–H groups in total. The second-order valence-corrected chi connectivity index (χ2v) is 6.65. The molecule has 2 aromatic rings. The van der Waals surface area contributed by atoms with Gasteiger partial charge in [0.1, 0.15) is 11.4 Å². The lowest BCUT2D eigenvalue weighted by atomic mass is 10.1. The number of nitro benzene ring substituents is 1. The predicted molar refractivity (Wildman–Crippen MR) is 101 cm³/mol. The van der Waals surface area contributed by atoms with E-state index in [2.05, 4.69) is 0 Å². The van der Waals surface area contributed by atoms with E-state index in [0.29, 0.717) is 25.1 Å². The highest BCUT2D eigenvalue weighted by Crippen LogP contribution is 2.25. The predicted octanol–water partition coefficient (Wildman–Crippen LogP) is 3.03. The molecule has 146 valence electrons. The highest BCUT2D eigenvalue weighted by molar-refractivity contribution is 5.99. The first-order chi connectivity index (χ1) is 13.4. The number of rotatable bonds is 3. The molecule has 1 aliphatic rings. The number of carbonyl (C=O) groups excluding carboxylic acids is 2. The van der Waals surface area contributed by atoms with Gasteiger partial charge in [-0.1, -0.05) is 24.3 Å². The van der Waals surface area contributed by atoms with Crippen LogP contribution in [0.1, 0.15) is 32.7 Å². The molecule has 1 fully saturated rings. The average molecular weight is 385 g/mol. The third kappa shape index (κ3) is 3.85. The van der Waals surface area contributed by atoms with Gasteiger partial charge in [0.2, 0.25) is 0 Å². The topological polar surface area (TPSA) is 83.8 Å². The minimum absolute atomic E-state index is 0.00315. The molecular weight excluding hydrogens is 365 g/mol. The quantitative estimate of drug-likeness (QED) is 0.601. The third-order valence-electron chi connectivity index (χ3n) is 4.83. The molecule has 0 aliphatic carbocycles. The Morgan fingerprint density at radius 3 is 2.11 bits per heavy atom. The van der Waals surface area contributed by atoms with Crippen LogP contribution >= 0.6 is 0 Å². The lowest BCUT2D eigenvalue weighted by Gasteiger charge is -2.22. The number of benzene rings is 2. The Balaban J connectivity index is 1.77. The third-order valence-corrected chi connectivity index (χ3v) is 4.83. The van der Waals surface area contributed by atoms with Crippen LogP contribution in [0, 0.1) is 22.9 Å². The molecule has 8 heteroatoms. The molecule has 1 aliphatic heterocycles. The molecule has 0 spiro atoms. The number of halogens is 1. The van der Waals surface area contributed by atoms with Gasteiger partial charge in [-0.3, -0.25) is 19.7 Å². The number of hydrogen-bond acceptors (Lipinski definition) is 4. The minimum Gasteiger partial charge on any atom is -0.337 e. The molecule has 0 aromatic heterocycles. The molecule has 1 heterocycles. The van der Waals surface area contributed by atoms with Crippen LogP contribution in [0.2, 0.25) is 0 Å². The molecule has 2 aromatic carbocycles. The van der Waals surface area contributed by atoms with Gasteiger partial charge in [0.05, 0.1) is 10.5 Å². The van der Waals surface area contributed by atoms with Crippen LogP contribution in [0.4, 0.5) is 10.1 Å². The first-order valence-corrected chi connectivity index (χ1v) is 8.97. The fourth-order valence-corrected chi connectivity index (χ4v) is 3.37. The molecule has 0 atom stereocenters. The molecule has 0 unspecified atom stereocenters. The normalized spacial score (nSPS) is 14.5. The molecule has 3 rings (SSSR count). The minimum atomic E-state index is -0.583. The number of nitrogens with zero attached hydrogens (tertiary/aromatic N) is 3. The van der Waals surface area contributed by atoms with E-state index in [4.69, 9.17) is 0 Å². The van der Waals surface area contributed by atoms with Gasteiger partial charge < -0.3 is 9.80 Å². The second kappa shape index (κ2) is 8.16. The summed E-state index contributed by atoms with van der Waals surface area (Å²) in [4.78, 5) is 39.3. The van der Waals surface area contributed by atoms with Gasteiger partial charge in [0, 0.05) is 31.7 Å². The monoisotopic (exact) mass is 385 g/mol. The standard InChI is InChI=1S/C20H20FN3O4/c1-14-6-4-8-16(18(14)24(27)28)20(26)23-11-5-10-22(12-13-23)19(25)15-7-2-3-9-17(15)21/h2-4,6-9H,5,10-13H2,1H3. The average Bonchev–Trinajstić information content (AvgIpc) is 2.93. The summed E-state index contributed by atoms with van der Waals surface area (Å²) >= 11 is 0. The number of aryl methyl sites for hydroxylation is 1. The Bertz CT molecular complexity index is 931. The van der Waals surface area contributed by atoms with Crippen molar-refractivity contribution in [2.24, 2.45) is 0 Å². The van der Waals surface area contributed by atoms with Crippen LogP contribution in [0.25, 0.3) is 0 Å². The summed E-state index contributed by atoms with van der Waals surface area (Å²) in [6.45, 7) is 2.80. The summed E-state index contributed by atoms with van der Waals surface area (Å²) in [6.07, 6.45) is 0.506. The largest absolute Gasteiger partial charge is 0.337 e. The highest BCUT2D eigenvalue weighted by atomic mass is 19.1. The molecule has 0 bridgehead atoms. The summed E-state index contributed by atoms with van der Waals surface area (Å²) in [5.74, 6) is -1.44. The summed E-state index contributed by atoms with van der Waals surface area (Å²) in [6, 6.07) is 10.4. The van der Waals surface area contributed by atoms with Crippen molar-refractivity contribution >= 4 is 17.5 Å². The highest BCUT2D eigenvalue weighted by Gasteiger charge is 2.29. The molecule has 0 saturated carbocycles. The summed E-state index contributed by atoms with van der Waals surface area (Å²) in [5, 5.41) is 11.4. The fraction of sp³-hybridized carbons (Fsp3) is 0.300. The molecular formula is C20H20FN3O4. The smallest absolute Gasteiger partial charge is 0.285 e. The van der Waals surface area contributed by atoms with Crippen molar-refractivity contribution in [1.82, 2.24) is 9.80 Å². The Labute approximate surface area is 161 Å². The zero-order valence-corrected chi connectivity index (χ0v) is 15.4. The Morgan fingerprint density at radius 2 is 1.50 bits per heavy atom. The van der Waals surface area contributed by atoms with Crippen molar-refractivity contribution < 1.29 is 18.9 Å². The van der Waals surface area contributed by atoms with E-state index in [0.717, 1.165) is 0 Å². The first kappa shape index (κ1) is 19.5. The van der Waals surface area contributed by atoms with E-state index in [-0.39, 0.29) is 29.9 Å². The van der Waals surface area contributed by atoms with Crippen LogP contribution < -0.4 is 0 Å². The van der Waals surface area contributed by atoms with Gasteiger partial charge in [-0.2, -0.15) is 0 Å². The van der Waals surface area contributed by atoms with Gasteiger partial charge in [-0.05, 0) is 31.5 Å². The van der Waals surface area contributed by atoms with Crippen molar-refractivity contribution in [3.05, 3.63) is 75.1 Å². The van der Waals surface area contributed by atoms with Crippen LogP contribution in [-0.4, -0.2) is 52.7 Å². The number of carbonyl (C=O) groups is 2. The SMILES string of the molecule is Cc1cccc(C(=O)N2CCCN(C(=O)c3ccccc3F)CC2)c1[N+](=O)[O-]. The second-order valence-electron chi connectivity index (χ2n) is 6.65. The first-order valence-electron chi connectivity index (χ1n) is 8.97.